The first kappa shape index (κ1) is 19.8. The molecule has 0 aromatic rings. The average molecular weight is 332 g/mol. The van der Waals surface area contributed by atoms with Crippen LogP contribution in [-0.4, -0.2) is 13.1 Å². The molecule has 4 atom stereocenters. The molecule has 0 heterocycles. The predicted octanol–water partition coefficient (Wildman–Crippen LogP) is 6.22. The highest BCUT2D eigenvalue weighted by Crippen LogP contribution is 2.73. The van der Waals surface area contributed by atoms with Crippen LogP contribution in [0.4, 0.5) is 0 Å². The predicted molar refractivity (Wildman–Crippen MR) is 107 cm³/mol. The monoisotopic (exact) mass is 331 g/mol. The molecule has 2 rings (SSSR count). The van der Waals surface area contributed by atoms with Gasteiger partial charge < -0.3 is 5.32 Å². The highest BCUT2D eigenvalue weighted by atomic mass is 14.9. The van der Waals surface area contributed by atoms with Crippen molar-refractivity contribution in [1.82, 2.24) is 5.32 Å². The second-order valence-electron chi connectivity index (χ2n) is 10.9. The molecule has 2 aliphatic rings. The lowest BCUT2D eigenvalue weighted by Crippen LogP contribution is -2.70. The number of nitrogens with one attached hydrogen (secondary N) is 1. The summed E-state index contributed by atoms with van der Waals surface area (Å²) in [4.78, 5) is 0. The Bertz CT molecular complexity index is 513. The van der Waals surface area contributed by atoms with Crippen LogP contribution in [0.1, 0.15) is 75.2 Å². The van der Waals surface area contributed by atoms with Gasteiger partial charge in [-0.3, -0.25) is 0 Å². The molecule has 2 aliphatic carbocycles. The molecule has 0 amide bonds. The fourth-order valence-corrected chi connectivity index (χ4v) is 5.87. The van der Waals surface area contributed by atoms with Crippen LogP contribution in [0.15, 0.2) is 23.8 Å². The Kier molecular flexibility index (Phi) is 5.19. The Morgan fingerprint density at radius 2 is 1.71 bits per heavy atom. The lowest BCUT2D eigenvalue weighted by Gasteiger charge is -2.73. The minimum absolute atomic E-state index is 0.297. The van der Waals surface area contributed by atoms with Crippen molar-refractivity contribution in [2.75, 3.05) is 13.1 Å². The molecule has 4 unspecified atom stereocenters. The number of hydrogen-bond donors (Lipinski definition) is 1. The van der Waals surface area contributed by atoms with E-state index >= 15 is 0 Å². The second kappa shape index (κ2) is 6.31. The van der Waals surface area contributed by atoms with E-state index < -0.39 is 0 Å². The smallest absolute Gasteiger partial charge is 0.0202 e. The van der Waals surface area contributed by atoms with Crippen LogP contribution in [0.25, 0.3) is 0 Å². The largest absolute Gasteiger partial charge is 0.312 e. The maximum atomic E-state index is 3.86. The van der Waals surface area contributed by atoms with E-state index in [1.807, 2.05) is 0 Å². The van der Waals surface area contributed by atoms with E-state index in [9.17, 15) is 0 Å². The summed E-state index contributed by atoms with van der Waals surface area (Å²) in [7, 11) is 0. The molecular weight excluding hydrogens is 290 g/mol. The number of rotatable bonds is 4. The van der Waals surface area contributed by atoms with Gasteiger partial charge in [0.05, 0.1) is 0 Å². The zero-order valence-corrected chi connectivity index (χ0v) is 17.7. The van der Waals surface area contributed by atoms with Gasteiger partial charge >= 0.3 is 0 Å². The Balaban J connectivity index is 2.16. The molecule has 1 fully saturated rings. The standard InChI is InChI=1S/C23H41N/c1-17-10-12-19(13-11-17)15-24-16-23(21(6,7)8)18(2)14-22(23,9)20(3,4)5/h10,12-13,17-18,24H,11,14-16H2,1-9H3. The summed E-state index contributed by atoms with van der Waals surface area (Å²) in [6, 6.07) is 0. The molecule has 1 nitrogen and oxygen atoms in total. The van der Waals surface area contributed by atoms with Gasteiger partial charge in [0.25, 0.3) is 0 Å². The third-order valence-corrected chi connectivity index (χ3v) is 7.66. The van der Waals surface area contributed by atoms with Crippen molar-refractivity contribution in [3.63, 3.8) is 0 Å². The maximum absolute atomic E-state index is 3.86. The third kappa shape index (κ3) is 3.02. The minimum Gasteiger partial charge on any atom is -0.312 e. The first-order valence-electron chi connectivity index (χ1n) is 9.93. The highest BCUT2D eigenvalue weighted by molar-refractivity contribution is 5.25. The summed E-state index contributed by atoms with van der Waals surface area (Å²) in [5, 5.41) is 3.86. The van der Waals surface area contributed by atoms with E-state index in [4.69, 9.17) is 0 Å². The Hall–Kier alpha value is -0.560. The van der Waals surface area contributed by atoms with Crippen LogP contribution in [0, 0.1) is 33.5 Å². The van der Waals surface area contributed by atoms with Crippen LogP contribution in [0.5, 0.6) is 0 Å². The molecule has 1 heteroatoms. The molecule has 0 spiro atoms. The highest BCUT2D eigenvalue weighted by Gasteiger charge is 2.68. The van der Waals surface area contributed by atoms with Crippen molar-refractivity contribution < 1.29 is 0 Å². The van der Waals surface area contributed by atoms with Gasteiger partial charge in [0.2, 0.25) is 0 Å². The molecule has 24 heavy (non-hydrogen) atoms. The summed E-state index contributed by atoms with van der Waals surface area (Å²) in [6.07, 6.45) is 9.61. The van der Waals surface area contributed by atoms with Crippen molar-refractivity contribution in [3.05, 3.63) is 23.8 Å². The molecule has 0 saturated heterocycles. The van der Waals surface area contributed by atoms with Crippen molar-refractivity contribution in [3.8, 4) is 0 Å². The molecule has 0 aromatic carbocycles. The topological polar surface area (TPSA) is 12.0 Å². The Labute approximate surface area is 151 Å². The Morgan fingerprint density at radius 1 is 1.08 bits per heavy atom. The average Bonchev–Trinajstić information content (AvgIpc) is 2.42. The van der Waals surface area contributed by atoms with E-state index in [2.05, 4.69) is 85.9 Å². The minimum atomic E-state index is 0.297. The van der Waals surface area contributed by atoms with Gasteiger partial charge in [-0.25, -0.2) is 0 Å². The van der Waals surface area contributed by atoms with Gasteiger partial charge in [-0.05, 0) is 51.9 Å². The van der Waals surface area contributed by atoms with Gasteiger partial charge in [-0.2, -0.15) is 0 Å². The fourth-order valence-electron chi connectivity index (χ4n) is 5.87. The lowest BCUT2D eigenvalue weighted by molar-refractivity contribution is -0.240. The first-order chi connectivity index (χ1) is 10.8. The number of allylic oxidation sites excluding steroid dienone is 2. The second-order valence-corrected chi connectivity index (χ2v) is 10.9. The van der Waals surface area contributed by atoms with E-state index in [0.717, 1.165) is 19.0 Å². The molecule has 1 saturated carbocycles. The van der Waals surface area contributed by atoms with Gasteiger partial charge in [0.15, 0.2) is 0 Å². The van der Waals surface area contributed by atoms with Crippen LogP contribution < -0.4 is 5.32 Å². The molecule has 138 valence electrons. The lowest BCUT2D eigenvalue weighted by atomic mass is 9.32. The molecule has 0 bridgehead atoms. The third-order valence-electron chi connectivity index (χ3n) is 7.66. The molecule has 0 aliphatic heterocycles. The number of hydrogen-bond acceptors (Lipinski definition) is 1. The van der Waals surface area contributed by atoms with Crippen molar-refractivity contribution in [2.24, 2.45) is 33.5 Å². The van der Waals surface area contributed by atoms with Crippen molar-refractivity contribution >= 4 is 0 Å². The van der Waals surface area contributed by atoms with Gasteiger partial charge in [0, 0.05) is 13.1 Å². The van der Waals surface area contributed by atoms with Crippen LogP contribution in [0.3, 0.4) is 0 Å². The van der Waals surface area contributed by atoms with Crippen LogP contribution in [0.2, 0.25) is 0 Å². The van der Waals surface area contributed by atoms with E-state index in [-0.39, 0.29) is 0 Å². The van der Waals surface area contributed by atoms with Crippen molar-refractivity contribution in [2.45, 2.75) is 75.2 Å². The van der Waals surface area contributed by atoms with Crippen LogP contribution in [-0.2, 0) is 0 Å². The fraction of sp³-hybridized carbons (Fsp3) is 0.826. The SMILES string of the molecule is CC1C=CC(CNCC2(C(C)(C)C)C(C)CC2(C)C(C)(C)C)=CC1. The normalized spacial score (nSPS) is 37.1. The summed E-state index contributed by atoms with van der Waals surface area (Å²) < 4.78 is 0. The van der Waals surface area contributed by atoms with E-state index in [1.54, 1.807) is 0 Å². The van der Waals surface area contributed by atoms with Gasteiger partial charge in [-0.1, -0.05) is 80.5 Å². The first-order valence-corrected chi connectivity index (χ1v) is 9.93. The van der Waals surface area contributed by atoms with Gasteiger partial charge in [0.1, 0.15) is 0 Å². The molecule has 0 aromatic heterocycles. The zero-order valence-electron chi connectivity index (χ0n) is 17.7. The summed E-state index contributed by atoms with van der Waals surface area (Å²) >= 11 is 0. The maximum Gasteiger partial charge on any atom is 0.0202 e. The van der Waals surface area contributed by atoms with Gasteiger partial charge in [-0.15, -0.1) is 0 Å². The molecule has 1 N–H and O–H groups in total. The zero-order chi connectivity index (χ0) is 18.4. The van der Waals surface area contributed by atoms with E-state index in [1.165, 1.54) is 18.4 Å². The molecular formula is C23H41N. The Morgan fingerprint density at radius 3 is 2.12 bits per heavy atom. The van der Waals surface area contributed by atoms with Crippen LogP contribution >= 0.6 is 0 Å². The quantitative estimate of drug-likeness (QED) is 0.644. The summed E-state index contributed by atoms with van der Waals surface area (Å²) in [5.74, 6) is 1.47. The summed E-state index contributed by atoms with van der Waals surface area (Å²) in [6.45, 7) is 24.1. The van der Waals surface area contributed by atoms with E-state index in [0.29, 0.717) is 27.6 Å². The summed E-state index contributed by atoms with van der Waals surface area (Å²) in [5.41, 5.74) is 2.79. The van der Waals surface area contributed by atoms with Crippen molar-refractivity contribution in [1.29, 1.82) is 0 Å². The molecule has 0 radical (unpaired) electrons.